The number of ether oxygens (including phenoxy) is 1. The van der Waals surface area contributed by atoms with E-state index in [1.807, 2.05) is 13.0 Å². The van der Waals surface area contributed by atoms with Gasteiger partial charge in [-0.15, -0.1) is 0 Å². The van der Waals surface area contributed by atoms with Crippen LogP contribution in [0.25, 0.3) is 0 Å². The van der Waals surface area contributed by atoms with Gasteiger partial charge in [-0.1, -0.05) is 11.6 Å². The summed E-state index contributed by atoms with van der Waals surface area (Å²) < 4.78 is 31.9. The Morgan fingerprint density at radius 1 is 0.962 bits per heavy atom. The summed E-state index contributed by atoms with van der Waals surface area (Å²) in [6.45, 7) is 1.90. The molecule has 0 atom stereocenters. The molecule has 0 bridgehead atoms. The van der Waals surface area contributed by atoms with Crippen LogP contribution in [0.2, 0.25) is 0 Å². The number of anilines is 2. The van der Waals surface area contributed by atoms with Crippen LogP contribution in [0.15, 0.2) is 60.7 Å². The van der Waals surface area contributed by atoms with Crippen molar-refractivity contribution in [1.29, 1.82) is 0 Å². The van der Waals surface area contributed by atoms with Crippen molar-refractivity contribution < 1.29 is 18.3 Å². The summed E-state index contributed by atoms with van der Waals surface area (Å²) >= 11 is 0. The van der Waals surface area contributed by atoms with Crippen molar-refractivity contribution in [3.05, 3.63) is 89.0 Å². The Kier molecular flexibility index (Phi) is 4.98. The SMILES string of the molecule is COc1ccc(C)cc1C(=O)c1ccc(Nc2ccc(F)cc2F)cc1. The Hall–Kier alpha value is -3.21. The molecule has 0 aromatic heterocycles. The first-order valence-corrected chi connectivity index (χ1v) is 7.99. The van der Waals surface area contributed by atoms with Gasteiger partial charge in [-0.05, 0) is 55.5 Å². The second-order valence-corrected chi connectivity index (χ2v) is 5.86. The van der Waals surface area contributed by atoms with Crippen molar-refractivity contribution in [3.8, 4) is 5.75 Å². The Morgan fingerprint density at radius 3 is 2.35 bits per heavy atom. The highest BCUT2D eigenvalue weighted by Gasteiger charge is 2.15. The summed E-state index contributed by atoms with van der Waals surface area (Å²) in [4.78, 5) is 12.7. The van der Waals surface area contributed by atoms with Gasteiger partial charge in [-0.2, -0.15) is 0 Å². The Morgan fingerprint density at radius 2 is 1.69 bits per heavy atom. The number of carbonyl (C=O) groups excluding carboxylic acids is 1. The fourth-order valence-corrected chi connectivity index (χ4v) is 2.61. The Bertz CT molecular complexity index is 953. The number of hydrogen-bond donors (Lipinski definition) is 1. The predicted octanol–water partition coefficient (Wildman–Crippen LogP) is 5.26. The van der Waals surface area contributed by atoms with E-state index in [9.17, 15) is 13.6 Å². The van der Waals surface area contributed by atoms with Gasteiger partial charge in [0.15, 0.2) is 5.78 Å². The lowest BCUT2D eigenvalue weighted by Gasteiger charge is -2.10. The van der Waals surface area contributed by atoms with Gasteiger partial charge in [0.2, 0.25) is 0 Å². The van der Waals surface area contributed by atoms with E-state index in [1.54, 1.807) is 36.4 Å². The average molecular weight is 353 g/mol. The number of aryl methyl sites for hydroxylation is 1. The molecule has 132 valence electrons. The lowest BCUT2D eigenvalue weighted by molar-refractivity contribution is 0.103. The summed E-state index contributed by atoms with van der Waals surface area (Å²) in [5.74, 6) is -0.975. The number of ketones is 1. The molecule has 3 nitrogen and oxygen atoms in total. The van der Waals surface area contributed by atoms with E-state index in [2.05, 4.69) is 5.32 Å². The maximum absolute atomic E-state index is 13.7. The molecule has 3 rings (SSSR count). The van der Waals surface area contributed by atoms with Crippen molar-refractivity contribution in [1.82, 2.24) is 0 Å². The van der Waals surface area contributed by atoms with Gasteiger partial charge in [-0.25, -0.2) is 8.78 Å². The largest absolute Gasteiger partial charge is 0.496 e. The topological polar surface area (TPSA) is 38.3 Å². The predicted molar refractivity (Wildman–Crippen MR) is 97.2 cm³/mol. The fraction of sp³-hybridized carbons (Fsp3) is 0.0952. The van der Waals surface area contributed by atoms with E-state index in [0.29, 0.717) is 22.6 Å². The quantitative estimate of drug-likeness (QED) is 0.636. The number of halogens is 2. The minimum atomic E-state index is -0.686. The molecule has 0 saturated carbocycles. The summed E-state index contributed by atoms with van der Waals surface area (Å²) in [5, 5.41) is 2.86. The molecule has 0 amide bonds. The van der Waals surface area contributed by atoms with Crippen LogP contribution in [0.5, 0.6) is 5.75 Å². The zero-order valence-corrected chi connectivity index (χ0v) is 14.3. The van der Waals surface area contributed by atoms with Crippen LogP contribution < -0.4 is 10.1 Å². The minimum Gasteiger partial charge on any atom is -0.496 e. The van der Waals surface area contributed by atoms with Crippen LogP contribution >= 0.6 is 0 Å². The van der Waals surface area contributed by atoms with Crippen molar-refractivity contribution >= 4 is 17.2 Å². The van der Waals surface area contributed by atoms with Gasteiger partial charge < -0.3 is 10.1 Å². The van der Waals surface area contributed by atoms with E-state index in [4.69, 9.17) is 4.74 Å². The first-order chi connectivity index (χ1) is 12.5. The maximum atomic E-state index is 13.7. The molecule has 0 aliphatic carbocycles. The molecule has 0 unspecified atom stereocenters. The van der Waals surface area contributed by atoms with Crippen molar-refractivity contribution in [2.24, 2.45) is 0 Å². The summed E-state index contributed by atoms with van der Waals surface area (Å²) in [6, 6.07) is 15.3. The molecule has 26 heavy (non-hydrogen) atoms. The highest BCUT2D eigenvalue weighted by atomic mass is 19.1. The smallest absolute Gasteiger partial charge is 0.196 e. The van der Waals surface area contributed by atoms with Crippen LogP contribution in [0, 0.1) is 18.6 Å². The van der Waals surface area contributed by atoms with Gasteiger partial charge in [-0.3, -0.25) is 4.79 Å². The highest BCUT2D eigenvalue weighted by molar-refractivity contribution is 6.11. The lowest BCUT2D eigenvalue weighted by Crippen LogP contribution is -2.04. The summed E-state index contributed by atoms with van der Waals surface area (Å²) in [7, 11) is 1.52. The third kappa shape index (κ3) is 3.72. The number of benzene rings is 3. The average Bonchev–Trinajstić information content (AvgIpc) is 2.64. The van der Waals surface area contributed by atoms with Gasteiger partial charge in [0, 0.05) is 17.3 Å². The summed E-state index contributed by atoms with van der Waals surface area (Å²) in [6.07, 6.45) is 0. The van der Waals surface area contributed by atoms with Gasteiger partial charge in [0.05, 0.1) is 18.4 Å². The minimum absolute atomic E-state index is 0.158. The number of nitrogens with one attached hydrogen (secondary N) is 1. The van der Waals surface area contributed by atoms with E-state index in [1.165, 1.54) is 19.2 Å². The molecular weight excluding hydrogens is 336 g/mol. The number of hydrogen-bond acceptors (Lipinski definition) is 3. The van der Waals surface area contributed by atoms with Gasteiger partial charge in [0.25, 0.3) is 0 Å². The first kappa shape index (κ1) is 17.6. The molecular formula is C21H17F2NO2. The molecule has 1 N–H and O–H groups in total. The van der Waals surface area contributed by atoms with E-state index in [-0.39, 0.29) is 11.5 Å². The van der Waals surface area contributed by atoms with Crippen LogP contribution in [0.1, 0.15) is 21.5 Å². The zero-order chi connectivity index (χ0) is 18.7. The molecule has 3 aromatic carbocycles. The van der Waals surface area contributed by atoms with E-state index >= 15 is 0 Å². The van der Waals surface area contributed by atoms with Gasteiger partial charge in [0.1, 0.15) is 17.4 Å². The van der Waals surface area contributed by atoms with Crippen LogP contribution in [0.4, 0.5) is 20.2 Å². The molecule has 0 aliphatic heterocycles. The normalized spacial score (nSPS) is 10.5. The molecule has 5 heteroatoms. The zero-order valence-electron chi connectivity index (χ0n) is 14.3. The fourth-order valence-electron chi connectivity index (χ4n) is 2.61. The lowest BCUT2D eigenvalue weighted by atomic mass is 10.0. The highest BCUT2D eigenvalue weighted by Crippen LogP contribution is 2.25. The van der Waals surface area contributed by atoms with Crippen LogP contribution in [0.3, 0.4) is 0 Å². The van der Waals surface area contributed by atoms with Crippen molar-refractivity contribution in [2.75, 3.05) is 12.4 Å². The number of carbonyl (C=O) groups is 1. The van der Waals surface area contributed by atoms with E-state index < -0.39 is 11.6 Å². The standard InChI is InChI=1S/C21H17F2NO2/c1-13-3-10-20(26-2)17(11-13)21(25)14-4-7-16(8-5-14)24-19-9-6-15(22)12-18(19)23/h3-12,24H,1-2H3. The molecule has 0 radical (unpaired) electrons. The maximum Gasteiger partial charge on any atom is 0.196 e. The van der Waals surface area contributed by atoms with E-state index in [0.717, 1.165) is 11.6 Å². The van der Waals surface area contributed by atoms with Crippen LogP contribution in [-0.4, -0.2) is 12.9 Å². The molecule has 0 spiro atoms. The second-order valence-electron chi connectivity index (χ2n) is 5.86. The number of rotatable bonds is 5. The Labute approximate surface area is 150 Å². The summed E-state index contributed by atoms with van der Waals surface area (Å²) in [5.41, 5.74) is 2.67. The number of methoxy groups -OCH3 is 1. The third-order valence-corrected chi connectivity index (χ3v) is 3.96. The molecule has 0 heterocycles. The molecule has 0 fully saturated rings. The molecule has 0 aliphatic rings. The van der Waals surface area contributed by atoms with Gasteiger partial charge >= 0.3 is 0 Å². The molecule has 0 saturated heterocycles. The second kappa shape index (κ2) is 7.35. The Balaban J connectivity index is 1.83. The third-order valence-electron chi connectivity index (χ3n) is 3.96. The molecule has 3 aromatic rings. The first-order valence-electron chi connectivity index (χ1n) is 7.99. The van der Waals surface area contributed by atoms with Crippen molar-refractivity contribution in [2.45, 2.75) is 6.92 Å². The monoisotopic (exact) mass is 353 g/mol. The van der Waals surface area contributed by atoms with Crippen molar-refractivity contribution in [3.63, 3.8) is 0 Å². The van der Waals surface area contributed by atoms with Crippen LogP contribution in [-0.2, 0) is 0 Å².